The molecule has 0 saturated carbocycles. The highest BCUT2D eigenvalue weighted by atomic mass is 16.5. The zero-order valence-corrected chi connectivity index (χ0v) is 24.0. The van der Waals surface area contributed by atoms with Crippen LogP contribution in [0.2, 0.25) is 0 Å². The molecule has 2 aromatic rings. The Balaban J connectivity index is 1.20. The number of amides is 2. The number of fused-ring (bicyclic) bond motifs is 2. The van der Waals surface area contributed by atoms with Gasteiger partial charge < -0.3 is 24.6 Å². The molecule has 0 bridgehead atoms. The molecule has 5 rings (SSSR count). The van der Waals surface area contributed by atoms with Gasteiger partial charge in [0.05, 0.1) is 24.8 Å². The van der Waals surface area contributed by atoms with Gasteiger partial charge >= 0.3 is 0 Å². The molecule has 3 aliphatic heterocycles. The number of carbonyl (C=O) groups excluding carboxylic acids is 2. The van der Waals surface area contributed by atoms with E-state index in [9.17, 15) is 9.59 Å². The van der Waals surface area contributed by atoms with Crippen molar-refractivity contribution in [3.63, 3.8) is 0 Å². The van der Waals surface area contributed by atoms with Gasteiger partial charge in [-0.05, 0) is 70.6 Å². The topological polar surface area (TPSA) is 96.9 Å². The van der Waals surface area contributed by atoms with Crippen LogP contribution in [0.5, 0.6) is 5.75 Å². The number of carbonyl (C=O) groups is 2. The van der Waals surface area contributed by atoms with E-state index < -0.39 is 0 Å². The Morgan fingerprint density at radius 3 is 2.62 bits per heavy atom. The summed E-state index contributed by atoms with van der Waals surface area (Å²) in [7, 11) is 0. The standard InChI is InChI=1S/C31H43N5O4/c1-23-20-24(2)34-30(33-23)32-15-11-28(37)35-17-13-31(14-18-35)12-5-6-19-39-21-25-8-7-16-36(25)29(38)26-9-3-4-10-27(26)40-22-31/h3-4,9-10,20,25H,5-8,11-19,21-22H2,1-2H3,(H,32,33,34)/t25-/m0/s1. The van der Waals surface area contributed by atoms with E-state index in [-0.39, 0.29) is 23.3 Å². The molecule has 4 heterocycles. The predicted molar refractivity (Wildman–Crippen MR) is 154 cm³/mol. The van der Waals surface area contributed by atoms with Crippen LogP contribution in [0.25, 0.3) is 0 Å². The lowest BCUT2D eigenvalue weighted by Gasteiger charge is -2.42. The zero-order chi connectivity index (χ0) is 28.0. The lowest BCUT2D eigenvalue weighted by atomic mass is 9.75. The highest BCUT2D eigenvalue weighted by Crippen LogP contribution is 2.38. The average molecular weight is 550 g/mol. The Morgan fingerprint density at radius 2 is 1.82 bits per heavy atom. The number of para-hydroxylation sites is 1. The van der Waals surface area contributed by atoms with Crippen LogP contribution in [0.15, 0.2) is 30.3 Å². The Bertz CT molecular complexity index is 1160. The number of likely N-dealkylation sites (tertiary alicyclic amines) is 1. The van der Waals surface area contributed by atoms with Crippen LogP contribution in [0, 0.1) is 19.3 Å². The number of aromatic nitrogens is 2. The van der Waals surface area contributed by atoms with E-state index in [0.717, 1.165) is 76.0 Å². The van der Waals surface area contributed by atoms with Gasteiger partial charge in [0.15, 0.2) is 0 Å². The summed E-state index contributed by atoms with van der Waals surface area (Å²) in [4.78, 5) is 39.3. The summed E-state index contributed by atoms with van der Waals surface area (Å²) in [6, 6.07) is 9.71. The summed E-state index contributed by atoms with van der Waals surface area (Å²) >= 11 is 0. The van der Waals surface area contributed by atoms with Gasteiger partial charge in [-0.2, -0.15) is 0 Å². The SMILES string of the molecule is Cc1cc(C)nc(NCCC(=O)N2CCC3(CCCCOC[C@@H]4CCCN4C(=O)c4ccccc4OC3)CC2)n1. The first-order chi connectivity index (χ1) is 19.4. The van der Waals surface area contributed by atoms with Crippen LogP contribution < -0.4 is 10.1 Å². The van der Waals surface area contributed by atoms with E-state index >= 15 is 0 Å². The Labute approximate surface area is 237 Å². The minimum atomic E-state index is -0.0293. The molecule has 1 aromatic carbocycles. The number of ether oxygens (including phenoxy) is 2. The molecule has 216 valence electrons. The van der Waals surface area contributed by atoms with E-state index in [2.05, 4.69) is 15.3 Å². The second-order valence-corrected chi connectivity index (χ2v) is 11.6. The van der Waals surface area contributed by atoms with Crippen LogP contribution >= 0.6 is 0 Å². The average Bonchev–Trinajstić information content (AvgIpc) is 3.42. The normalized spacial score (nSPS) is 21.8. The molecule has 2 fully saturated rings. The quantitative estimate of drug-likeness (QED) is 0.604. The fourth-order valence-corrected chi connectivity index (χ4v) is 6.30. The molecule has 2 amide bonds. The smallest absolute Gasteiger partial charge is 0.257 e. The molecule has 0 unspecified atom stereocenters. The van der Waals surface area contributed by atoms with Crippen LogP contribution in [-0.2, 0) is 9.53 Å². The van der Waals surface area contributed by atoms with Gasteiger partial charge in [0, 0.05) is 56.0 Å². The van der Waals surface area contributed by atoms with E-state index in [0.29, 0.717) is 50.0 Å². The van der Waals surface area contributed by atoms with E-state index in [1.165, 1.54) is 0 Å². The summed E-state index contributed by atoms with van der Waals surface area (Å²) < 4.78 is 12.5. The van der Waals surface area contributed by atoms with Crippen LogP contribution in [0.3, 0.4) is 0 Å². The Hall–Kier alpha value is -3.20. The molecule has 0 radical (unpaired) electrons. The number of nitrogens with zero attached hydrogens (tertiary/aromatic N) is 4. The fourth-order valence-electron chi connectivity index (χ4n) is 6.30. The molecule has 9 heteroatoms. The number of nitrogens with one attached hydrogen (secondary N) is 1. The van der Waals surface area contributed by atoms with Gasteiger partial charge in [-0.25, -0.2) is 9.97 Å². The number of piperidine rings is 1. The van der Waals surface area contributed by atoms with Crippen molar-refractivity contribution in [1.29, 1.82) is 0 Å². The summed E-state index contributed by atoms with van der Waals surface area (Å²) in [6.45, 7) is 8.46. The second kappa shape index (κ2) is 13.0. The molecule has 1 spiro atoms. The Morgan fingerprint density at radius 1 is 1.05 bits per heavy atom. The maximum absolute atomic E-state index is 13.5. The van der Waals surface area contributed by atoms with Crippen molar-refractivity contribution in [2.75, 3.05) is 51.3 Å². The number of aryl methyl sites for hydroxylation is 2. The lowest BCUT2D eigenvalue weighted by Crippen LogP contribution is -2.46. The fraction of sp³-hybridized carbons (Fsp3) is 0.613. The van der Waals surface area contributed by atoms with Crippen LogP contribution in [-0.4, -0.2) is 83.6 Å². The van der Waals surface area contributed by atoms with Gasteiger partial charge in [-0.15, -0.1) is 0 Å². The molecule has 1 aromatic heterocycles. The monoisotopic (exact) mass is 549 g/mol. The molecule has 40 heavy (non-hydrogen) atoms. The zero-order valence-electron chi connectivity index (χ0n) is 24.0. The number of benzene rings is 1. The van der Waals surface area contributed by atoms with E-state index in [1.807, 2.05) is 54.0 Å². The van der Waals surface area contributed by atoms with Crippen molar-refractivity contribution >= 4 is 17.8 Å². The van der Waals surface area contributed by atoms with Crippen molar-refractivity contribution in [3.05, 3.63) is 47.3 Å². The van der Waals surface area contributed by atoms with Crippen LogP contribution in [0.4, 0.5) is 5.95 Å². The minimum absolute atomic E-state index is 0.0293. The first-order valence-corrected chi connectivity index (χ1v) is 14.9. The van der Waals surface area contributed by atoms with Gasteiger partial charge in [0.2, 0.25) is 11.9 Å². The summed E-state index contributed by atoms with van der Waals surface area (Å²) in [5, 5.41) is 3.20. The summed E-state index contributed by atoms with van der Waals surface area (Å²) in [6.07, 6.45) is 7.26. The molecule has 1 N–H and O–H groups in total. The van der Waals surface area contributed by atoms with Crippen molar-refractivity contribution < 1.29 is 19.1 Å². The van der Waals surface area contributed by atoms with E-state index in [4.69, 9.17) is 9.47 Å². The number of hydrogen-bond donors (Lipinski definition) is 1. The first-order valence-electron chi connectivity index (χ1n) is 14.9. The third-order valence-corrected chi connectivity index (χ3v) is 8.63. The van der Waals surface area contributed by atoms with Gasteiger partial charge in [0.25, 0.3) is 5.91 Å². The lowest BCUT2D eigenvalue weighted by molar-refractivity contribution is -0.133. The van der Waals surface area contributed by atoms with Crippen molar-refractivity contribution in [3.8, 4) is 5.75 Å². The third kappa shape index (κ3) is 6.92. The Kier molecular flexibility index (Phi) is 9.19. The molecular weight excluding hydrogens is 506 g/mol. The van der Waals surface area contributed by atoms with Crippen molar-refractivity contribution in [2.45, 2.75) is 71.3 Å². The molecule has 1 atom stereocenters. The molecule has 2 saturated heterocycles. The molecule has 9 nitrogen and oxygen atoms in total. The molecule has 0 aliphatic carbocycles. The summed E-state index contributed by atoms with van der Waals surface area (Å²) in [5.41, 5.74) is 2.42. The third-order valence-electron chi connectivity index (χ3n) is 8.63. The predicted octanol–water partition coefficient (Wildman–Crippen LogP) is 4.39. The highest BCUT2D eigenvalue weighted by molar-refractivity contribution is 5.97. The number of rotatable bonds is 4. The van der Waals surface area contributed by atoms with E-state index in [1.54, 1.807) is 0 Å². The van der Waals surface area contributed by atoms with Gasteiger partial charge in [-0.1, -0.05) is 18.6 Å². The largest absolute Gasteiger partial charge is 0.492 e. The van der Waals surface area contributed by atoms with Gasteiger partial charge in [-0.3, -0.25) is 9.59 Å². The van der Waals surface area contributed by atoms with Crippen molar-refractivity contribution in [2.24, 2.45) is 5.41 Å². The molecule has 3 aliphatic rings. The molecular formula is C31H43N5O4. The number of hydrogen-bond acceptors (Lipinski definition) is 7. The maximum Gasteiger partial charge on any atom is 0.257 e. The van der Waals surface area contributed by atoms with Gasteiger partial charge in [0.1, 0.15) is 5.75 Å². The summed E-state index contributed by atoms with van der Waals surface area (Å²) in [5.74, 6) is 1.42. The minimum Gasteiger partial charge on any atom is -0.492 e. The number of anilines is 1. The first kappa shape index (κ1) is 28.3. The maximum atomic E-state index is 13.5. The van der Waals surface area contributed by atoms with Crippen LogP contribution in [0.1, 0.15) is 73.1 Å². The second-order valence-electron chi connectivity index (χ2n) is 11.6. The highest BCUT2D eigenvalue weighted by Gasteiger charge is 2.37. The van der Waals surface area contributed by atoms with Crippen molar-refractivity contribution in [1.82, 2.24) is 19.8 Å².